The first-order valence-electron chi connectivity index (χ1n) is 8.85. The first-order valence-corrected chi connectivity index (χ1v) is 8.85. The third-order valence-electron chi connectivity index (χ3n) is 4.09. The number of ether oxygens (including phenoxy) is 2. The number of hydrogen-bond acceptors (Lipinski definition) is 4. The lowest BCUT2D eigenvalue weighted by Crippen LogP contribution is -2.24. The molecule has 0 bridgehead atoms. The number of Topliss-reactive ketones (excluding diaryl/α,β-unsaturated/α-hetero) is 1. The van der Waals surface area contributed by atoms with E-state index in [0.717, 1.165) is 5.56 Å². The molecule has 0 heterocycles. The number of ketones is 1. The summed E-state index contributed by atoms with van der Waals surface area (Å²) in [6.45, 7) is 0.276. The van der Waals surface area contributed by atoms with Crippen molar-refractivity contribution in [1.82, 2.24) is 5.32 Å². The second kappa shape index (κ2) is 10.1. The van der Waals surface area contributed by atoms with Gasteiger partial charge in [-0.15, -0.1) is 0 Å². The second-order valence-corrected chi connectivity index (χ2v) is 6.46. The summed E-state index contributed by atoms with van der Waals surface area (Å²) in [7, 11) is 1.49. The van der Waals surface area contributed by atoms with Crippen molar-refractivity contribution in [3.05, 3.63) is 64.7 Å². The Kier molecular flexibility index (Phi) is 7.78. The monoisotopic (exact) mass is 409 g/mol. The molecule has 0 radical (unpaired) electrons. The number of amides is 1. The number of carbonyl (C=O) groups excluding carboxylic acids is 2. The molecule has 0 fully saturated rings. The van der Waals surface area contributed by atoms with Crippen LogP contribution in [0.15, 0.2) is 42.5 Å². The molecule has 2 aromatic carbocycles. The lowest BCUT2D eigenvalue weighted by Gasteiger charge is -2.11. The number of methoxy groups -OCH3 is 1. The van der Waals surface area contributed by atoms with Gasteiger partial charge in [0.05, 0.1) is 20.1 Å². The standard InChI is InChI=1S/C21H22F3NO4/c1-14(26)17-7-8-19(28-2)18(9-17)10-20(27)25-11-15-3-5-16(6-4-15)12-29-13-21(22,23)24/h3-9H,10-13H2,1-2H3,(H,25,27). The molecule has 1 amide bonds. The fourth-order valence-corrected chi connectivity index (χ4v) is 2.61. The summed E-state index contributed by atoms with van der Waals surface area (Å²) >= 11 is 0. The summed E-state index contributed by atoms with van der Waals surface area (Å²) in [4.78, 5) is 23.8. The van der Waals surface area contributed by atoms with E-state index in [0.29, 0.717) is 22.4 Å². The minimum atomic E-state index is -4.35. The van der Waals surface area contributed by atoms with E-state index in [1.165, 1.54) is 14.0 Å². The first kappa shape index (κ1) is 22.4. The van der Waals surface area contributed by atoms with Crippen molar-refractivity contribution in [3.63, 3.8) is 0 Å². The van der Waals surface area contributed by atoms with E-state index >= 15 is 0 Å². The van der Waals surface area contributed by atoms with Crippen LogP contribution in [0.5, 0.6) is 5.75 Å². The van der Waals surface area contributed by atoms with Gasteiger partial charge >= 0.3 is 6.18 Å². The molecule has 8 heteroatoms. The molecule has 2 rings (SSSR count). The van der Waals surface area contributed by atoms with Crippen LogP contribution in [-0.4, -0.2) is 31.6 Å². The summed E-state index contributed by atoms with van der Waals surface area (Å²) in [6.07, 6.45) is -4.30. The van der Waals surface area contributed by atoms with Crippen LogP contribution >= 0.6 is 0 Å². The molecule has 0 aliphatic carbocycles. The zero-order valence-electron chi connectivity index (χ0n) is 16.1. The fourth-order valence-electron chi connectivity index (χ4n) is 2.61. The number of nitrogens with one attached hydrogen (secondary N) is 1. The van der Waals surface area contributed by atoms with E-state index < -0.39 is 12.8 Å². The Hall–Kier alpha value is -2.87. The molecule has 0 spiro atoms. The molecule has 5 nitrogen and oxygen atoms in total. The maximum absolute atomic E-state index is 12.3. The van der Waals surface area contributed by atoms with Gasteiger partial charge in [0, 0.05) is 17.7 Å². The Morgan fingerprint density at radius 1 is 1.03 bits per heavy atom. The predicted molar refractivity (Wildman–Crippen MR) is 101 cm³/mol. The van der Waals surface area contributed by atoms with Crippen molar-refractivity contribution in [2.75, 3.05) is 13.7 Å². The highest BCUT2D eigenvalue weighted by Gasteiger charge is 2.27. The molecule has 0 saturated heterocycles. The summed E-state index contributed by atoms with van der Waals surface area (Å²) in [5.41, 5.74) is 2.50. The Labute approximate surface area is 166 Å². The third-order valence-corrected chi connectivity index (χ3v) is 4.09. The molecule has 0 atom stereocenters. The van der Waals surface area contributed by atoms with Gasteiger partial charge in [0.25, 0.3) is 0 Å². The highest BCUT2D eigenvalue weighted by Crippen LogP contribution is 2.21. The molecule has 1 N–H and O–H groups in total. The van der Waals surface area contributed by atoms with Crippen molar-refractivity contribution in [3.8, 4) is 5.75 Å². The van der Waals surface area contributed by atoms with E-state index in [4.69, 9.17) is 4.74 Å². The Balaban J connectivity index is 1.88. The van der Waals surface area contributed by atoms with Crippen molar-refractivity contribution in [1.29, 1.82) is 0 Å². The van der Waals surface area contributed by atoms with Gasteiger partial charge in [-0.2, -0.15) is 13.2 Å². The van der Waals surface area contributed by atoms with Gasteiger partial charge in [0.1, 0.15) is 12.4 Å². The van der Waals surface area contributed by atoms with Crippen molar-refractivity contribution >= 4 is 11.7 Å². The maximum Gasteiger partial charge on any atom is 0.411 e. The SMILES string of the molecule is COc1ccc(C(C)=O)cc1CC(=O)NCc1ccc(COCC(F)(F)F)cc1. The number of rotatable bonds is 9. The summed E-state index contributed by atoms with van der Waals surface area (Å²) in [5.74, 6) is 0.170. The van der Waals surface area contributed by atoms with Crippen LogP contribution in [0.4, 0.5) is 13.2 Å². The van der Waals surface area contributed by atoms with Crippen LogP contribution in [0.2, 0.25) is 0 Å². The van der Waals surface area contributed by atoms with Gasteiger partial charge in [-0.1, -0.05) is 24.3 Å². The molecule has 0 aromatic heterocycles. The minimum absolute atomic E-state index is 0.0493. The smallest absolute Gasteiger partial charge is 0.411 e. The normalized spacial score (nSPS) is 11.2. The highest BCUT2D eigenvalue weighted by atomic mass is 19.4. The van der Waals surface area contributed by atoms with Gasteiger partial charge in [-0.05, 0) is 36.2 Å². The van der Waals surface area contributed by atoms with Crippen molar-refractivity contribution in [2.45, 2.75) is 32.7 Å². The van der Waals surface area contributed by atoms with E-state index in [1.807, 2.05) is 0 Å². The molecule has 0 aliphatic heterocycles. The van der Waals surface area contributed by atoms with E-state index in [2.05, 4.69) is 10.1 Å². The van der Waals surface area contributed by atoms with Crippen LogP contribution in [0.1, 0.15) is 34.0 Å². The maximum atomic E-state index is 12.3. The van der Waals surface area contributed by atoms with E-state index in [9.17, 15) is 22.8 Å². The fraction of sp³-hybridized carbons (Fsp3) is 0.333. The first-order chi connectivity index (χ1) is 13.7. The molecule has 156 valence electrons. The minimum Gasteiger partial charge on any atom is -0.496 e. The van der Waals surface area contributed by atoms with Gasteiger partial charge in [0.15, 0.2) is 5.78 Å². The quantitative estimate of drug-likeness (QED) is 0.640. The Bertz CT molecular complexity index is 848. The Morgan fingerprint density at radius 2 is 1.69 bits per heavy atom. The predicted octanol–water partition coefficient (Wildman–Crippen LogP) is 3.84. The number of benzene rings is 2. The van der Waals surface area contributed by atoms with Crippen LogP contribution in [0.25, 0.3) is 0 Å². The van der Waals surface area contributed by atoms with Crippen LogP contribution < -0.4 is 10.1 Å². The zero-order valence-corrected chi connectivity index (χ0v) is 16.1. The second-order valence-electron chi connectivity index (χ2n) is 6.46. The summed E-state index contributed by atoms with van der Waals surface area (Å²) < 4.78 is 46.1. The highest BCUT2D eigenvalue weighted by molar-refractivity contribution is 5.94. The molecular formula is C21H22F3NO4. The molecule has 0 aliphatic rings. The lowest BCUT2D eigenvalue weighted by atomic mass is 10.0. The average molecular weight is 409 g/mol. The molecule has 0 unspecified atom stereocenters. The molecule has 29 heavy (non-hydrogen) atoms. The van der Waals surface area contributed by atoms with Gasteiger partial charge in [-0.25, -0.2) is 0 Å². The van der Waals surface area contributed by atoms with Crippen molar-refractivity contribution in [2.24, 2.45) is 0 Å². The van der Waals surface area contributed by atoms with Crippen LogP contribution in [0.3, 0.4) is 0 Å². The van der Waals surface area contributed by atoms with E-state index in [1.54, 1.807) is 42.5 Å². The summed E-state index contributed by atoms with van der Waals surface area (Å²) in [5, 5.41) is 2.77. The molecule has 0 saturated carbocycles. The number of hydrogen-bond donors (Lipinski definition) is 1. The topological polar surface area (TPSA) is 64.6 Å². The number of carbonyl (C=O) groups is 2. The van der Waals surface area contributed by atoms with E-state index in [-0.39, 0.29) is 31.3 Å². The van der Waals surface area contributed by atoms with Gasteiger partial charge in [0.2, 0.25) is 5.91 Å². The van der Waals surface area contributed by atoms with Crippen LogP contribution in [0, 0.1) is 0 Å². The zero-order chi connectivity index (χ0) is 21.4. The number of halogens is 3. The lowest BCUT2D eigenvalue weighted by molar-refractivity contribution is -0.176. The van der Waals surface area contributed by atoms with Crippen LogP contribution in [-0.2, 0) is 29.1 Å². The third kappa shape index (κ3) is 7.57. The Morgan fingerprint density at radius 3 is 2.28 bits per heavy atom. The molecular weight excluding hydrogens is 387 g/mol. The average Bonchev–Trinajstić information content (AvgIpc) is 2.66. The van der Waals surface area contributed by atoms with Crippen molar-refractivity contribution < 1.29 is 32.2 Å². The van der Waals surface area contributed by atoms with Gasteiger partial charge in [-0.3, -0.25) is 9.59 Å². The molecule has 2 aromatic rings. The largest absolute Gasteiger partial charge is 0.496 e. The van der Waals surface area contributed by atoms with Gasteiger partial charge < -0.3 is 14.8 Å². The number of alkyl halides is 3. The summed E-state index contributed by atoms with van der Waals surface area (Å²) in [6, 6.07) is 11.7.